The van der Waals surface area contributed by atoms with Crippen molar-refractivity contribution in [2.24, 2.45) is 7.05 Å². The van der Waals surface area contributed by atoms with E-state index in [9.17, 15) is 22.8 Å². The van der Waals surface area contributed by atoms with E-state index in [2.05, 4.69) is 15.4 Å². The van der Waals surface area contributed by atoms with E-state index in [1.165, 1.54) is 18.0 Å². The molecule has 0 saturated heterocycles. The third kappa shape index (κ3) is 4.63. The zero-order valence-corrected chi connectivity index (χ0v) is 17.9. The van der Waals surface area contributed by atoms with E-state index in [4.69, 9.17) is 11.6 Å². The molecule has 0 fully saturated rings. The average molecular weight is 454 g/mol. The fourth-order valence-electron chi connectivity index (χ4n) is 3.25. The lowest BCUT2D eigenvalue weighted by Gasteiger charge is -2.18. The zero-order chi connectivity index (χ0) is 23.1. The molecule has 164 valence electrons. The number of benzene rings is 1. The first-order valence-electron chi connectivity index (χ1n) is 9.11. The number of likely N-dealkylation sites (N-methyl/N-ethyl adjacent to an activating group) is 1. The second-order valence-electron chi connectivity index (χ2n) is 7.12. The number of fused-ring (bicyclic) bond motifs is 1. The molecule has 0 radical (unpaired) electrons. The predicted molar refractivity (Wildman–Crippen MR) is 110 cm³/mol. The molecule has 11 heteroatoms. The van der Waals surface area contributed by atoms with E-state index in [0.717, 1.165) is 12.1 Å². The Morgan fingerprint density at radius 1 is 1.23 bits per heavy atom. The van der Waals surface area contributed by atoms with Crippen molar-refractivity contribution in [3.8, 4) is 0 Å². The standard InChI is InChI=1S/C20H19ClF3N5O2/c1-10-7-13(17-11(2)27-29(4)18(17)25-10)19(31)28(3)9-16(30)26-12-5-6-15(21)14(8-12)20(22,23)24/h5-8H,9H2,1-4H3,(H,26,30). The van der Waals surface area contributed by atoms with Crippen LogP contribution < -0.4 is 5.32 Å². The lowest BCUT2D eigenvalue weighted by molar-refractivity contribution is -0.137. The second-order valence-corrected chi connectivity index (χ2v) is 7.53. The first-order chi connectivity index (χ1) is 14.4. The van der Waals surface area contributed by atoms with Crippen molar-refractivity contribution in [1.29, 1.82) is 0 Å². The molecule has 0 saturated carbocycles. The summed E-state index contributed by atoms with van der Waals surface area (Å²) in [6.07, 6.45) is -4.66. The first kappa shape index (κ1) is 22.5. The maximum Gasteiger partial charge on any atom is 0.417 e. The maximum atomic E-state index is 13.0. The van der Waals surface area contributed by atoms with Crippen LogP contribution in [0.1, 0.15) is 27.3 Å². The van der Waals surface area contributed by atoms with Crippen molar-refractivity contribution in [2.45, 2.75) is 20.0 Å². The summed E-state index contributed by atoms with van der Waals surface area (Å²) < 4.78 is 40.6. The predicted octanol–water partition coefficient (Wildman–Crippen LogP) is 3.97. The Morgan fingerprint density at radius 2 is 1.90 bits per heavy atom. The summed E-state index contributed by atoms with van der Waals surface area (Å²) in [7, 11) is 3.15. The summed E-state index contributed by atoms with van der Waals surface area (Å²) in [6, 6.07) is 4.67. The van der Waals surface area contributed by atoms with Crippen LogP contribution in [0, 0.1) is 13.8 Å². The van der Waals surface area contributed by atoms with Gasteiger partial charge in [-0.1, -0.05) is 11.6 Å². The number of hydrogen-bond donors (Lipinski definition) is 1. The number of halogens is 4. The summed E-state index contributed by atoms with van der Waals surface area (Å²) in [5.74, 6) is -1.09. The molecular formula is C20H19ClF3N5O2. The summed E-state index contributed by atoms with van der Waals surface area (Å²) in [4.78, 5) is 30.9. The van der Waals surface area contributed by atoms with E-state index in [1.54, 1.807) is 31.6 Å². The lowest BCUT2D eigenvalue weighted by Crippen LogP contribution is -2.35. The Balaban J connectivity index is 1.80. The van der Waals surface area contributed by atoms with Gasteiger partial charge in [0.15, 0.2) is 5.65 Å². The van der Waals surface area contributed by atoms with Gasteiger partial charge in [-0.15, -0.1) is 0 Å². The van der Waals surface area contributed by atoms with Crippen LogP contribution in [0.5, 0.6) is 0 Å². The number of aromatic nitrogens is 3. The molecule has 2 heterocycles. The molecule has 3 rings (SSSR count). The minimum Gasteiger partial charge on any atom is -0.332 e. The number of pyridine rings is 1. The highest BCUT2D eigenvalue weighted by molar-refractivity contribution is 6.31. The molecule has 2 amide bonds. The number of nitrogens with zero attached hydrogens (tertiary/aromatic N) is 4. The number of amides is 2. The van der Waals surface area contributed by atoms with Gasteiger partial charge >= 0.3 is 6.18 Å². The Morgan fingerprint density at radius 3 is 2.55 bits per heavy atom. The van der Waals surface area contributed by atoms with Crippen molar-refractivity contribution < 1.29 is 22.8 Å². The van der Waals surface area contributed by atoms with E-state index >= 15 is 0 Å². The fraction of sp³-hybridized carbons (Fsp3) is 0.300. The van der Waals surface area contributed by atoms with Gasteiger partial charge in [0.1, 0.15) is 0 Å². The molecule has 2 aromatic heterocycles. The first-order valence-corrected chi connectivity index (χ1v) is 9.49. The van der Waals surface area contributed by atoms with Crippen LogP contribution >= 0.6 is 11.6 Å². The quantitative estimate of drug-likeness (QED) is 0.648. The third-order valence-electron chi connectivity index (χ3n) is 4.61. The smallest absolute Gasteiger partial charge is 0.332 e. The highest BCUT2D eigenvalue weighted by Gasteiger charge is 2.33. The Kier molecular flexibility index (Phi) is 5.95. The van der Waals surface area contributed by atoms with Gasteiger partial charge < -0.3 is 10.2 Å². The van der Waals surface area contributed by atoms with Gasteiger partial charge in [-0.05, 0) is 38.1 Å². The Labute approximate surface area is 180 Å². The average Bonchev–Trinajstić information content (AvgIpc) is 2.94. The second kappa shape index (κ2) is 8.18. The number of alkyl halides is 3. The molecule has 31 heavy (non-hydrogen) atoms. The number of nitrogens with one attached hydrogen (secondary N) is 1. The van der Waals surface area contributed by atoms with E-state index in [0.29, 0.717) is 28.0 Å². The Bertz CT molecular complexity index is 1190. The van der Waals surface area contributed by atoms with Crippen molar-refractivity contribution in [3.05, 3.63) is 51.8 Å². The maximum absolute atomic E-state index is 13.0. The number of rotatable bonds is 4. The number of aryl methyl sites for hydroxylation is 3. The minimum absolute atomic E-state index is 0.0761. The highest BCUT2D eigenvalue weighted by atomic mass is 35.5. The van der Waals surface area contributed by atoms with E-state index in [-0.39, 0.29) is 12.2 Å². The van der Waals surface area contributed by atoms with Gasteiger partial charge in [0.05, 0.1) is 33.8 Å². The van der Waals surface area contributed by atoms with Crippen LogP contribution in [0.4, 0.5) is 18.9 Å². The summed E-state index contributed by atoms with van der Waals surface area (Å²) in [5.41, 5.74) is 0.976. The molecule has 0 unspecified atom stereocenters. The van der Waals surface area contributed by atoms with Gasteiger partial charge in [0.25, 0.3) is 5.91 Å². The third-order valence-corrected chi connectivity index (χ3v) is 4.94. The van der Waals surface area contributed by atoms with E-state index in [1.807, 2.05) is 0 Å². The molecule has 0 spiro atoms. The molecule has 3 aromatic rings. The van der Waals surface area contributed by atoms with Crippen LogP contribution in [-0.4, -0.2) is 45.1 Å². The monoisotopic (exact) mass is 453 g/mol. The Hall–Kier alpha value is -3.14. The number of hydrogen-bond acceptors (Lipinski definition) is 4. The van der Waals surface area contributed by atoms with Crippen molar-refractivity contribution in [2.75, 3.05) is 18.9 Å². The lowest BCUT2D eigenvalue weighted by atomic mass is 10.1. The summed E-state index contributed by atoms with van der Waals surface area (Å²) in [6.45, 7) is 3.12. The van der Waals surface area contributed by atoms with Crippen LogP contribution in [0.15, 0.2) is 24.3 Å². The van der Waals surface area contributed by atoms with Crippen molar-refractivity contribution in [1.82, 2.24) is 19.7 Å². The zero-order valence-electron chi connectivity index (χ0n) is 17.1. The van der Waals surface area contributed by atoms with Gasteiger partial charge in [0, 0.05) is 25.5 Å². The largest absolute Gasteiger partial charge is 0.417 e. The molecule has 0 bridgehead atoms. The number of carbonyl (C=O) groups excluding carboxylic acids is 2. The number of carbonyl (C=O) groups is 2. The van der Waals surface area contributed by atoms with Gasteiger partial charge in [-0.3, -0.25) is 14.3 Å². The topological polar surface area (TPSA) is 80.1 Å². The highest BCUT2D eigenvalue weighted by Crippen LogP contribution is 2.36. The normalized spacial score (nSPS) is 11.6. The molecule has 0 aliphatic heterocycles. The molecule has 0 aliphatic rings. The molecule has 7 nitrogen and oxygen atoms in total. The van der Waals surface area contributed by atoms with Crippen LogP contribution in [0.25, 0.3) is 11.0 Å². The molecule has 0 aliphatic carbocycles. The summed E-state index contributed by atoms with van der Waals surface area (Å²) >= 11 is 5.59. The molecule has 0 atom stereocenters. The van der Waals surface area contributed by atoms with Crippen LogP contribution in [0.3, 0.4) is 0 Å². The number of anilines is 1. The molecule has 1 N–H and O–H groups in total. The van der Waals surface area contributed by atoms with Gasteiger partial charge in [0.2, 0.25) is 5.91 Å². The SMILES string of the molecule is Cc1cc(C(=O)N(C)CC(=O)Nc2ccc(Cl)c(C(F)(F)F)c2)c2c(C)nn(C)c2n1. The summed E-state index contributed by atoms with van der Waals surface area (Å²) in [5, 5.41) is 6.76. The van der Waals surface area contributed by atoms with Crippen molar-refractivity contribution in [3.63, 3.8) is 0 Å². The van der Waals surface area contributed by atoms with E-state index < -0.39 is 28.6 Å². The minimum atomic E-state index is -4.66. The molecular weight excluding hydrogens is 435 g/mol. The van der Waals surface area contributed by atoms with Gasteiger partial charge in [-0.25, -0.2) is 4.98 Å². The fourth-order valence-corrected chi connectivity index (χ4v) is 3.48. The van der Waals surface area contributed by atoms with Crippen molar-refractivity contribution >= 4 is 40.1 Å². The van der Waals surface area contributed by atoms with Crippen LogP contribution in [-0.2, 0) is 18.0 Å². The van der Waals surface area contributed by atoms with Gasteiger partial charge in [-0.2, -0.15) is 18.3 Å². The molecule has 1 aromatic carbocycles. The van der Waals surface area contributed by atoms with Crippen LogP contribution in [0.2, 0.25) is 5.02 Å².